The Morgan fingerprint density at radius 3 is 2.65 bits per heavy atom. The van der Waals surface area contributed by atoms with Crippen molar-refractivity contribution in [3.8, 4) is 11.5 Å². The highest BCUT2D eigenvalue weighted by Gasteiger charge is 2.05. The van der Waals surface area contributed by atoms with Gasteiger partial charge in [-0.2, -0.15) is 0 Å². The summed E-state index contributed by atoms with van der Waals surface area (Å²) in [5.41, 5.74) is 7.84. The van der Waals surface area contributed by atoms with Crippen molar-refractivity contribution in [1.82, 2.24) is 0 Å². The minimum atomic E-state index is 0.577. The molecule has 4 heteroatoms. The Kier molecular flexibility index (Phi) is 5.59. The van der Waals surface area contributed by atoms with Gasteiger partial charge in [-0.15, -0.1) is 0 Å². The van der Waals surface area contributed by atoms with Gasteiger partial charge in [-0.1, -0.05) is 18.2 Å². The zero-order valence-corrected chi connectivity index (χ0v) is 13.0. The number of methoxy groups -OCH3 is 1. The predicted molar refractivity (Wildman–Crippen MR) is 84.1 cm³/mol. The molecular weight excluding hydrogens is 318 g/mol. The number of hydrogen-bond donors (Lipinski definition) is 1. The second kappa shape index (κ2) is 7.43. The molecule has 0 radical (unpaired) electrons. The van der Waals surface area contributed by atoms with Crippen molar-refractivity contribution in [3.63, 3.8) is 0 Å². The summed E-state index contributed by atoms with van der Waals surface area (Å²) in [5.74, 6) is 1.59. The maximum atomic E-state index is 5.90. The van der Waals surface area contributed by atoms with Crippen LogP contribution in [0.15, 0.2) is 46.9 Å². The molecule has 0 bridgehead atoms. The molecule has 3 nitrogen and oxygen atoms in total. The van der Waals surface area contributed by atoms with E-state index in [9.17, 15) is 0 Å². The molecule has 0 saturated heterocycles. The third-order valence-corrected chi connectivity index (χ3v) is 3.49. The van der Waals surface area contributed by atoms with E-state index in [-0.39, 0.29) is 0 Å². The van der Waals surface area contributed by atoms with Crippen molar-refractivity contribution >= 4 is 15.9 Å². The van der Waals surface area contributed by atoms with Gasteiger partial charge >= 0.3 is 0 Å². The minimum absolute atomic E-state index is 0.577. The molecule has 0 aromatic heterocycles. The number of hydrogen-bond acceptors (Lipinski definition) is 3. The van der Waals surface area contributed by atoms with Crippen LogP contribution in [0.2, 0.25) is 0 Å². The van der Waals surface area contributed by atoms with Gasteiger partial charge in [-0.3, -0.25) is 0 Å². The zero-order chi connectivity index (χ0) is 14.4. The van der Waals surface area contributed by atoms with Gasteiger partial charge in [0.1, 0.15) is 11.5 Å². The van der Waals surface area contributed by atoms with Crippen molar-refractivity contribution in [2.75, 3.05) is 13.7 Å². The standard InChI is InChI=1S/C16H18BrNO2/c1-19-11-13-3-2-4-14(9-13)20-16-6-5-12(7-8-18)10-15(16)17/h2-6,9-10H,7-8,11,18H2,1H3. The van der Waals surface area contributed by atoms with E-state index >= 15 is 0 Å². The van der Waals surface area contributed by atoms with Crippen LogP contribution >= 0.6 is 15.9 Å². The molecule has 0 amide bonds. The molecule has 0 heterocycles. The second-order valence-corrected chi connectivity index (χ2v) is 5.34. The Bertz CT molecular complexity index is 572. The van der Waals surface area contributed by atoms with Gasteiger partial charge in [0.15, 0.2) is 0 Å². The average molecular weight is 336 g/mol. The Morgan fingerprint density at radius 1 is 1.10 bits per heavy atom. The Balaban J connectivity index is 2.15. The topological polar surface area (TPSA) is 44.5 Å². The van der Waals surface area contributed by atoms with Gasteiger partial charge in [0.05, 0.1) is 11.1 Å². The molecule has 0 fully saturated rings. The SMILES string of the molecule is COCc1cccc(Oc2ccc(CCN)cc2Br)c1. The van der Waals surface area contributed by atoms with Crippen LogP contribution in [-0.2, 0) is 17.8 Å². The fourth-order valence-corrected chi connectivity index (χ4v) is 2.45. The zero-order valence-electron chi connectivity index (χ0n) is 11.4. The summed E-state index contributed by atoms with van der Waals surface area (Å²) >= 11 is 3.53. The van der Waals surface area contributed by atoms with Crippen molar-refractivity contribution in [1.29, 1.82) is 0 Å². The Morgan fingerprint density at radius 2 is 1.95 bits per heavy atom. The molecule has 20 heavy (non-hydrogen) atoms. The van der Waals surface area contributed by atoms with Crippen molar-refractivity contribution < 1.29 is 9.47 Å². The maximum Gasteiger partial charge on any atom is 0.141 e. The first kappa shape index (κ1) is 15.0. The van der Waals surface area contributed by atoms with Crippen LogP contribution in [0.5, 0.6) is 11.5 Å². The van der Waals surface area contributed by atoms with Gasteiger partial charge in [0.2, 0.25) is 0 Å². The van der Waals surface area contributed by atoms with E-state index in [4.69, 9.17) is 15.2 Å². The first-order valence-electron chi connectivity index (χ1n) is 6.47. The highest BCUT2D eigenvalue weighted by Crippen LogP contribution is 2.31. The summed E-state index contributed by atoms with van der Waals surface area (Å²) < 4.78 is 11.9. The lowest BCUT2D eigenvalue weighted by atomic mass is 10.1. The minimum Gasteiger partial charge on any atom is -0.456 e. The third-order valence-electron chi connectivity index (χ3n) is 2.87. The molecule has 0 unspecified atom stereocenters. The Hall–Kier alpha value is -1.36. The maximum absolute atomic E-state index is 5.90. The molecule has 0 saturated carbocycles. The van der Waals surface area contributed by atoms with Crippen LogP contribution in [0.25, 0.3) is 0 Å². The fourth-order valence-electron chi connectivity index (χ4n) is 1.94. The van der Waals surface area contributed by atoms with Crippen molar-refractivity contribution in [2.45, 2.75) is 13.0 Å². The molecular formula is C16H18BrNO2. The van der Waals surface area contributed by atoms with E-state index < -0.39 is 0 Å². The molecule has 0 spiro atoms. The van der Waals surface area contributed by atoms with E-state index in [2.05, 4.69) is 15.9 Å². The molecule has 2 aromatic carbocycles. The largest absolute Gasteiger partial charge is 0.456 e. The van der Waals surface area contributed by atoms with Crippen LogP contribution in [0.4, 0.5) is 0 Å². The summed E-state index contributed by atoms with van der Waals surface area (Å²) in [7, 11) is 1.68. The van der Waals surface area contributed by atoms with Gasteiger partial charge < -0.3 is 15.2 Å². The molecule has 106 valence electrons. The highest BCUT2D eigenvalue weighted by molar-refractivity contribution is 9.10. The van der Waals surface area contributed by atoms with E-state index in [1.54, 1.807) is 7.11 Å². The van der Waals surface area contributed by atoms with Gasteiger partial charge in [-0.25, -0.2) is 0 Å². The molecule has 0 aliphatic rings. The fraction of sp³-hybridized carbons (Fsp3) is 0.250. The number of nitrogens with two attached hydrogens (primary N) is 1. The average Bonchev–Trinajstić information content (AvgIpc) is 2.43. The number of benzene rings is 2. The predicted octanol–water partition coefficient (Wildman–Crippen LogP) is 3.89. The van der Waals surface area contributed by atoms with Crippen LogP contribution in [0.1, 0.15) is 11.1 Å². The highest BCUT2D eigenvalue weighted by atomic mass is 79.9. The lowest BCUT2D eigenvalue weighted by molar-refractivity contribution is 0.184. The summed E-state index contributed by atoms with van der Waals surface area (Å²) in [6.45, 7) is 1.22. The first-order chi connectivity index (χ1) is 9.72. The molecule has 2 N–H and O–H groups in total. The first-order valence-corrected chi connectivity index (χ1v) is 7.26. The summed E-state index contributed by atoms with van der Waals surface area (Å²) in [6.07, 6.45) is 0.863. The molecule has 0 atom stereocenters. The number of rotatable bonds is 6. The quantitative estimate of drug-likeness (QED) is 0.870. The molecule has 0 aliphatic heterocycles. The summed E-state index contributed by atoms with van der Waals surface area (Å²) in [5, 5.41) is 0. The molecule has 0 aliphatic carbocycles. The number of ether oxygens (including phenoxy) is 2. The van der Waals surface area contributed by atoms with E-state index in [1.807, 2.05) is 42.5 Å². The van der Waals surface area contributed by atoms with Gasteiger partial charge in [-0.05, 0) is 64.3 Å². The number of halogens is 1. The van der Waals surface area contributed by atoms with E-state index in [0.717, 1.165) is 28.0 Å². The monoisotopic (exact) mass is 335 g/mol. The lowest BCUT2D eigenvalue weighted by Crippen LogP contribution is -2.02. The van der Waals surface area contributed by atoms with Crippen LogP contribution in [0.3, 0.4) is 0 Å². The second-order valence-electron chi connectivity index (χ2n) is 4.49. The lowest BCUT2D eigenvalue weighted by Gasteiger charge is -2.10. The summed E-state index contributed by atoms with van der Waals surface area (Å²) in [4.78, 5) is 0. The van der Waals surface area contributed by atoms with Gasteiger partial charge in [0, 0.05) is 7.11 Å². The molecule has 2 aromatic rings. The van der Waals surface area contributed by atoms with Gasteiger partial charge in [0.25, 0.3) is 0 Å². The normalized spacial score (nSPS) is 10.6. The smallest absolute Gasteiger partial charge is 0.141 e. The van der Waals surface area contributed by atoms with Crippen LogP contribution in [0, 0.1) is 0 Å². The van der Waals surface area contributed by atoms with E-state index in [1.165, 1.54) is 5.56 Å². The third kappa shape index (κ3) is 4.07. The Labute approximate surface area is 127 Å². The van der Waals surface area contributed by atoms with Crippen LogP contribution in [-0.4, -0.2) is 13.7 Å². The van der Waals surface area contributed by atoms with Crippen LogP contribution < -0.4 is 10.5 Å². The summed E-state index contributed by atoms with van der Waals surface area (Å²) in [6, 6.07) is 13.9. The van der Waals surface area contributed by atoms with Crippen molar-refractivity contribution in [2.24, 2.45) is 5.73 Å². The molecule has 2 rings (SSSR count). The van der Waals surface area contributed by atoms with E-state index in [0.29, 0.717) is 13.2 Å². The van der Waals surface area contributed by atoms with Crippen molar-refractivity contribution in [3.05, 3.63) is 58.1 Å².